The molecule has 2 N–H and O–H groups in total. The Hall–Kier alpha value is -0.610. The second kappa shape index (κ2) is 10.2. The Balaban J connectivity index is 2.30. The lowest BCUT2D eigenvalue weighted by Gasteiger charge is -2.36. The van der Waals surface area contributed by atoms with Gasteiger partial charge in [0, 0.05) is 32.1 Å². The molecule has 1 aliphatic rings. The van der Waals surface area contributed by atoms with Crippen molar-refractivity contribution in [2.75, 3.05) is 39.3 Å². The van der Waals surface area contributed by atoms with Crippen molar-refractivity contribution < 1.29 is 4.79 Å². The van der Waals surface area contributed by atoms with Crippen LogP contribution in [0.15, 0.2) is 0 Å². The highest BCUT2D eigenvalue weighted by atomic mass is 16.2. The van der Waals surface area contributed by atoms with Crippen LogP contribution in [0.5, 0.6) is 0 Å². The van der Waals surface area contributed by atoms with Crippen molar-refractivity contribution in [2.24, 2.45) is 11.7 Å². The lowest BCUT2D eigenvalue weighted by atomic mass is 9.97. The molecule has 1 amide bonds. The maximum absolute atomic E-state index is 12.5. The fraction of sp³-hybridized carbons (Fsp3) is 0.938. The van der Waals surface area contributed by atoms with Gasteiger partial charge in [0.2, 0.25) is 5.91 Å². The van der Waals surface area contributed by atoms with Gasteiger partial charge in [0.15, 0.2) is 0 Å². The highest BCUT2D eigenvalue weighted by Crippen LogP contribution is 2.17. The molecular formula is C16H33N3O. The zero-order valence-corrected chi connectivity index (χ0v) is 13.4. The number of carbonyl (C=O) groups is 1. The summed E-state index contributed by atoms with van der Waals surface area (Å²) >= 11 is 0. The van der Waals surface area contributed by atoms with Crippen LogP contribution in [0.4, 0.5) is 0 Å². The summed E-state index contributed by atoms with van der Waals surface area (Å²) in [7, 11) is 0. The quantitative estimate of drug-likeness (QED) is 0.659. The van der Waals surface area contributed by atoms with Gasteiger partial charge in [-0.15, -0.1) is 0 Å². The van der Waals surface area contributed by atoms with E-state index in [1.165, 1.54) is 19.3 Å². The first-order chi connectivity index (χ1) is 9.72. The van der Waals surface area contributed by atoms with Crippen molar-refractivity contribution in [1.82, 2.24) is 9.80 Å². The highest BCUT2D eigenvalue weighted by Gasteiger charge is 2.25. The standard InChI is InChI=1S/C16H33N3O/c1-3-5-8-15(4-2)16(20)19-13-11-18(12-14-19)10-7-6-9-17/h15H,3-14,17H2,1-2H3. The molecule has 0 bridgehead atoms. The zero-order chi connectivity index (χ0) is 14.8. The van der Waals surface area contributed by atoms with Crippen LogP contribution in [-0.2, 0) is 4.79 Å². The van der Waals surface area contributed by atoms with E-state index in [0.29, 0.717) is 5.91 Å². The van der Waals surface area contributed by atoms with E-state index in [-0.39, 0.29) is 5.92 Å². The van der Waals surface area contributed by atoms with Crippen molar-refractivity contribution in [3.8, 4) is 0 Å². The number of carbonyl (C=O) groups excluding carboxylic acids is 1. The smallest absolute Gasteiger partial charge is 0.225 e. The molecule has 0 aliphatic carbocycles. The molecule has 1 unspecified atom stereocenters. The molecule has 1 aliphatic heterocycles. The van der Waals surface area contributed by atoms with E-state index in [1.54, 1.807) is 0 Å². The van der Waals surface area contributed by atoms with Crippen LogP contribution in [0.1, 0.15) is 52.4 Å². The number of nitrogens with two attached hydrogens (primary N) is 1. The summed E-state index contributed by atoms with van der Waals surface area (Å²) in [4.78, 5) is 17.0. The molecule has 4 nitrogen and oxygen atoms in total. The van der Waals surface area contributed by atoms with Gasteiger partial charge in [0.05, 0.1) is 0 Å². The zero-order valence-electron chi connectivity index (χ0n) is 13.4. The second-order valence-electron chi connectivity index (χ2n) is 5.91. The maximum atomic E-state index is 12.5. The highest BCUT2D eigenvalue weighted by molar-refractivity contribution is 5.78. The van der Waals surface area contributed by atoms with E-state index in [0.717, 1.165) is 58.5 Å². The van der Waals surface area contributed by atoms with Gasteiger partial charge in [0.25, 0.3) is 0 Å². The Bertz CT molecular complexity index is 262. The monoisotopic (exact) mass is 283 g/mol. The predicted octanol–water partition coefficient (Wildman–Crippen LogP) is 2.09. The van der Waals surface area contributed by atoms with Crippen LogP contribution in [0.25, 0.3) is 0 Å². The summed E-state index contributed by atoms with van der Waals surface area (Å²) in [5.41, 5.74) is 5.52. The van der Waals surface area contributed by atoms with E-state index in [1.807, 2.05) is 0 Å². The molecule has 118 valence electrons. The van der Waals surface area contributed by atoms with Gasteiger partial charge in [-0.3, -0.25) is 9.69 Å². The van der Waals surface area contributed by atoms with Gasteiger partial charge in [0.1, 0.15) is 0 Å². The molecule has 0 aromatic carbocycles. The second-order valence-corrected chi connectivity index (χ2v) is 5.91. The summed E-state index contributed by atoms with van der Waals surface area (Å²) in [5, 5.41) is 0. The van der Waals surface area contributed by atoms with Crippen LogP contribution in [0.3, 0.4) is 0 Å². The summed E-state index contributed by atoms with van der Waals surface area (Å²) < 4.78 is 0. The Morgan fingerprint density at radius 1 is 1.10 bits per heavy atom. The molecule has 1 heterocycles. The largest absolute Gasteiger partial charge is 0.340 e. The summed E-state index contributed by atoms with van der Waals surface area (Å²) in [6.07, 6.45) is 6.67. The number of hydrogen-bond donors (Lipinski definition) is 1. The molecule has 1 fully saturated rings. The molecule has 4 heteroatoms. The lowest BCUT2D eigenvalue weighted by molar-refractivity contribution is -0.137. The topological polar surface area (TPSA) is 49.6 Å². The average Bonchev–Trinajstić information content (AvgIpc) is 2.49. The number of amides is 1. The third-order valence-electron chi connectivity index (χ3n) is 4.36. The Morgan fingerprint density at radius 2 is 1.80 bits per heavy atom. The first-order valence-electron chi connectivity index (χ1n) is 8.44. The molecule has 0 spiro atoms. The first kappa shape index (κ1) is 17.4. The van der Waals surface area contributed by atoms with E-state index < -0.39 is 0 Å². The van der Waals surface area contributed by atoms with Gasteiger partial charge in [-0.1, -0.05) is 26.7 Å². The predicted molar refractivity (Wildman–Crippen MR) is 84.6 cm³/mol. The van der Waals surface area contributed by atoms with E-state index in [4.69, 9.17) is 5.73 Å². The Morgan fingerprint density at radius 3 is 2.35 bits per heavy atom. The van der Waals surface area contributed by atoms with Gasteiger partial charge < -0.3 is 10.6 Å². The van der Waals surface area contributed by atoms with Crippen molar-refractivity contribution in [2.45, 2.75) is 52.4 Å². The van der Waals surface area contributed by atoms with Gasteiger partial charge in [-0.05, 0) is 38.8 Å². The van der Waals surface area contributed by atoms with Gasteiger partial charge in [-0.25, -0.2) is 0 Å². The molecule has 0 aromatic heterocycles. The third-order valence-corrected chi connectivity index (χ3v) is 4.36. The SMILES string of the molecule is CCCCC(CC)C(=O)N1CCN(CCCCN)CC1. The van der Waals surface area contributed by atoms with Crippen LogP contribution < -0.4 is 5.73 Å². The van der Waals surface area contributed by atoms with Crippen LogP contribution in [0.2, 0.25) is 0 Å². The first-order valence-corrected chi connectivity index (χ1v) is 8.44. The number of unbranched alkanes of at least 4 members (excludes halogenated alkanes) is 2. The Kier molecular flexibility index (Phi) is 8.86. The van der Waals surface area contributed by atoms with E-state index >= 15 is 0 Å². The normalized spacial score (nSPS) is 18.2. The van der Waals surface area contributed by atoms with E-state index in [9.17, 15) is 4.79 Å². The molecule has 20 heavy (non-hydrogen) atoms. The Labute approximate surface area is 124 Å². The van der Waals surface area contributed by atoms with Gasteiger partial charge in [-0.2, -0.15) is 0 Å². The van der Waals surface area contributed by atoms with Crippen molar-refractivity contribution in [1.29, 1.82) is 0 Å². The van der Waals surface area contributed by atoms with E-state index in [2.05, 4.69) is 23.6 Å². The van der Waals surface area contributed by atoms with Crippen molar-refractivity contribution >= 4 is 5.91 Å². The molecule has 0 saturated carbocycles. The van der Waals surface area contributed by atoms with Crippen LogP contribution in [0, 0.1) is 5.92 Å². The molecule has 1 rings (SSSR count). The fourth-order valence-corrected chi connectivity index (χ4v) is 2.88. The summed E-state index contributed by atoms with van der Waals surface area (Å²) in [6.45, 7) is 10.1. The maximum Gasteiger partial charge on any atom is 0.225 e. The molecular weight excluding hydrogens is 250 g/mol. The summed E-state index contributed by atoms with van der Waals surface area (Å²) in [5.74, 6) is 0.640. The average molecular weight is 283 g/mol. The molecule has 0 radical (unpaired) electrons. The minimum atomic E-state index is 0.249. The number of piperazine rings is 1. The minimum Gasteiger partial charge on any atom is -0.340 e. The third kappa shape index (κ3) is 5.80. The number of nitrogens with zero attached hydrogens (tertiary/aromatic N) is 2. The lowest BCUT2D eigenvalue weighted by Crippen LogP contribution is -2.50. The number of rotatable bonds is 9. The molecule has 0 aromatic rings. The molecule has 1 saturated heterocycles. The minimum absolute atomic E-state index is 0.249. The number of hydrogen-bond acceptors (Lipinski definition) is 3. The van der Waals surface area contributed by atoms with Crippen LogP contribution >= 0.6 is 0 Å². The summed E-state index contributed by atoms with van der Waals surface area (Å²) in [6, 6.07) is 0. The fourth-order valence-electron chi connectivity index (χ4n) is 2.88. The van der Waals surface area contributed by atoms with Crippen molar-refractivity contribution in [3.05, 3.63) is 0 Å². The van der Waals surface area contributed by atoms with Crippen molar-refractivity contribution in [3.63, 3.8) is 0 Å². The van der Waals surface area contributed by atoms with Gasteiger partial charge >= 0.3 is 0 Å². The molecule has 1 atom stereocenters. The van der Waals surface area contributed by atoms with Crippen LogP contribution in [-0.4, -0.2) is 55.0 Å².